The maximum atomic E-state index is 10.6. The number of hydrogen-bond acceptors (Lipinski definition) is 2. The third-order valence-electron chi connectivity index (χ3n) is 3.63. The zero-order valence-electron chi connectivity index (χ0n) is 11.7. The number of rotatable bonds is 4. The number of aliphatic hydroxyl groups excluding tert-OH is 1. The van der Waals surface area contributed by atoms with E-state index in [2.05, 4.69) is 32.0 Å². The average Bonchev–Trinajstić information content (AvgIpc) is 2.46. The molecular weight excluding hydrogens is 234 g/mol. The first-order chi connectivity index (χ1) is 9.11. The molecule has 0 unspecified atom stereocenters. The molecule has 100 valence electrons. The molecule has 2 heteroatoms. The van der Waals surface area contributed by atoms with Gasteiger partial charge in [0, 0.05) is 6.04 Å². The van der Waals surface area contributed by atoms with Crippen LogP contribution >= 0.6 is 0 Å². The highest BCUT2D eigenvalue weighted by atomic mass is 16.3. The minimum atomic E-state index is -0.570. The van der Waals surface area contributed by atoms with E-state index in [9.17, 15) is 5.11 Å². The molecule has 0 aliphatic rings. The molecule has 2 aromatic rings. The van der Waals surface area contributed by atoms with Gasteiger partial charge in [-0.25, -0.2) is 0 Å². The quantitative estimate of drug-likeness (QED) is 0.905. The Bertz CT molecular complexity index is 522. The fraction of sp³-hybridized carbons (Fsp3) is 0.294. The lowest BCUT2D eigenvalue weighted by atomic mass is 9.93. The highest BCUT2D eigenvalue weighted by Crippen LogP contribution is 2.30. The van der Waals surface area contributed by atoms with Crippen molar-refractivity contribution in [1.82, 2.24) is 4.90 Å². The van der Waals surface area contributed by atoms with E-state index in [0.717, 1.165) is 11.1 Å². The molecule has 0 aliphatic carbocycles. The summed E-state index contributed by atoms with van der Waals surface area (Å²) in [4.78, 5) is 2.15. The Morgan fingerprint density at radius 2 is 1.37 bits per heavy atom. The maximum Gasteiger partial charge on any atom is 0.104 e. The van der Waals surface area contributed by atoms with Crippen molar-refractivity contribution < 1.29 is 5.11 Å². The van der Waals surface area contributed by atoms with Crippen LogP contribution in [0.2, 0.25) is 0 Å². The third-order valence-corrected chi connectivity index (χ3v) is 3.63. The fourth-order valence-corrected chi connectivity index (χ4v) is 2.23. The Hall–Kier alpha value is -1.64. The van der Waals surface area contributed by atoms with Crippen LogP contribution in [0.15, 0.2) is 54.6 Å². The first-order valence-corrected chi connectivity index (χ1v) is 6.59. The second kappa shape index (κ2) is 6.00. The summed E-state index contributed by atoms with van der Waals surface area (Å²) >= 11 is 0. The maximum absolute atomic E-state index is 10.6. The molecule has 2 atom stereocenters. The minimum Gasteiger partial charge on any atom is -0.384 e. The summed E-state index contributed by atoms with van der Waals surface area (Å²) < 4.78 is 0. The van der Waals surface area contributed by atoms with Gasteiger partial charge in [-0.3, -0.25) is 0 Å². The molecule has 0 heterocycles. The molecule has 2 nitrogen and oxygen atoms in total. The molecule has 2 rings (SSSR count). The molecule has 0 saturated heterocycles. The fourth-order valence-electron chi connectivity index (χ4n) is 2.23. The summed E-state index contributed by atoms with van der Waals surface area (Å²) in [6.45, 7) is 2.15. The number of benzene rings is 2. The molecule has 0 fully saturated rings. The van der Waals surface area contributed by atoms with Gasteiger partial charge >= 0.3 is 0 Å². The van der Waals surface area contributed by atoms with Gasteiger partial charge < -0.3 is 10.0 Å². The van der Waals surface area contributed by atoms with E-state index in [1.165, 1.54) is 5.56 Å². The number of hydrogen-bond donors (Lipinski definition) is 1. The largest absolute Gasteiger partial charge is 0.384 e. The topological polar surface area (TPSA) is 23.5 Å². The molecular formula is C17H21NO. The van der Waals surface area contributed by atoms with Gasteiger partial charge in [0.2, 0.25) is 0 Å². The van der Waals surface area contributed by atoms with Crippen LogP contribution in [-0.2, 0) is 0 Å². The van der Waals surface area contributed by atoms with Gasteiger partial charge in [0.05, 0.1) is 0 Å². The van der Waals surface area contributed by atoms with E-state index in [4.69, 9.17) is 0 Å². The first kappa shape index (κ1) is 13.8. The van der Waals surface area contributed by atoms with Crippen molar-refractivity contribution in [3.8, 4) is 0 Å². The summed E-state index contributed by atoms with van der Waals surface area (Å²) in [6, 6.07) is 18.2. The normalized spacial score (nSPS) is 14.4. The molecule has 19 heavy (non-hydrogen) atoms. The highest BCUT2D eigenvalue weighted by molar-refractivity contribution is 5.37. The van der Waals surface area contributed by atoms with Crippen molar-refractivity contribution in [2.45, 2.75) is 19.1 Å². The van der Waals surface area contributed by atoms with Crippen LogP contribution in [0, 0.1) is 0 Å². The van der Waals surface area contributed by atoms with E-state index in [1.807, 2.05) is 48.5 Å². The summed E-state index contributed by atoms with van der Waals surface area (Å²) in [5.74, 6) is 0. The summed E-state index contributed by atoms with van der Waals surface area (Å²) in [7, 11) is 4.10. The molecule has 0 aromatic heterocycles. The van der Waals surface area contributed by atoms with E-state index < -0.39 is 6.10 Å². The van der Waals surface area contributed by atoms with Crippen molar-refractivity contribution in [3.63, 3.8) is 0 Å². The van der Waals surface area contributed by atoms with Gasteiger partial charge in [-0.2, -0.15) is 0 Å². The van der Waals surface area contributed by atoms with Crippen molar-refractivity contribution in [2.75, 3.05) is 14.1 Å². The molecule has 0 radical (unpaired) electrons. The van der Waals surface area contributed by atoms with Gasteiger partial charge in [-0.15, -0.1) is 0 Å². The molecule has 0 aliphatic heterocycles. The first-order valence-electron chi connectivity index (χ1n) is 6.59. The van der Waals surface area contributed by atoms with Crippen LogP contribution in [-0.4, -0.2) is 24.1 Å². The summed E-state index contributed by atoms with van der Waals surface area (Å²) in [5.41, 5.74) is 3.08. The summed E-state index contributed by atoms with van der Waals surface area (Å²) in [6.07, 6.45) is -0.570. The van der Waals surface area contributed by atoms with Gasteiger partial charge in [-0.05, 0) is 37.7 Å². The van der Waals surface area contributed by atoms with Crippen molar-refractivity contribution in [3.05, 3.63) is 71.3 Å². The molecule has 1 N–H and O–H groups in total. The van der Waals surface area contributed by atoms with Gasteiger partial charge in [0.1, 0.15) is 6.10 Å². The van der Waals surface area contributed by atoms with Crippen molar-refractivity contribution >= 4 is 0 Å². The average molecular weight is 255 g/mol. The van der Waals surface area contributed by atoms with Crippen LogP contribution in [0.3, 0.4) is 0 Å². The predicted molar refractivity (Wildman–Crippen MR) is 79.0 cm³/mol. The molecule has 2 aromatic carbocycles. The Morgan fingerprint density at radius 3 is 1.95 bits per heavy atom. The molecule has 0 spiro atoms. The zero-order chi connectivity index (χ0) is 13.8. The zero-order valence-corrected chi connectivity index (χ0v) is 11.7. The standard InChI is InChI=1S/C17H21NO/c1-13(18(2)3)15-11-7-8-12-16(15)17(19)14-9-5-4-6-10-14/h4-13,17,19H,1-3H3/t13-,17+/m0/s1. The Balaban J connectivity index is 2.40. The van der Waals surface area contributed by atoms with E-state index in [-0.39, 0.29) is 6.04 Å². The smallest absolute Gasteiger partial charge is 0.104 e. The van der Waals surface area contributed by atoms with Crippen LogP contribution in [0.4, 0.5) is 0 Å². The molecule has 0 saturated carbocycles. The Labute approximate surface area is 115 Å². The van der Waals surface area contributed by atoms with Crippen LogP contribution in [0.25, 0.3) is 0 Å². The van der Waals surface area contributed by atoms with Gasteiger partial charge in [0.15, 0.2) is 0 Å². The predicted octanol–water partition coefficient (Wildman–Crippen LogP) is 3.39. The van der Waals surface area contributed by atoms with Crippen molar-refractivity contribution in [2.24, 2.45) is 0 Å². The minimum absolute atomic E-state index is 0.273. The van der Waals surface area contributed by atoms with Crippen LogP contribution in [0.1, 0.15) is 35.8 Å². The lowest BCUT2D eigenvalue weighted by Crippen LogP contribution is -2.19. The molecule has 0 amide bonds. The molecule has 0 bridgehead atoms. The second-order valence-corrected chi connectivity index (χ2v) is 5.08. The lowest BCUT2D eigenvalue weighted by Gasteiger charge is -2.25. The Kier molecular flexibility index (Phi) is 4.35. The van der Waals surface area contributed by atoms with Gasteiger partial charge in [-0.1, -0.05) is 54.6 Å². The third kappa shape index (κ3) is 3.03. The van der Waals surface area contributed by atoms with E-state index in [1.54, 1.807) is 0 Å². The summed E-state index contributed by atoms with van der Waals surface area (Å²) in [5, 5.41) is 10.6. The Morgan fingerprint density at radius 1 is 0.842 bits per heavy atom. The van der Waals surface area contributed by atoms with E-state index >= 15 is 0 Å². The second-order valence-electron chi connectivity index (χ2n) is 5.08. The van der Waals surface area contributed by atoms with E-state index in [0.29, 0.717) is 0 Å². The van der Waals surface area contributed by atoms with Crippen LogP contribution < -0.4 is 0 Å². The highest BCUT2D eigenvalue weighted by Gasteiger charge is 2.18. The SMILES string of the molecule is C[C@@H](c1ccccc1[C@H](O)c1ccccc1)N(C)C. The van der Waals surface area contributed by atoms with Gasteiger partial charge in [0.25, 0.3) is 0 Å². The van der Waals surface area contributed by atoms with Crippen molar-refractivity contribution in [1.29, 1.82) is 0 Å². The monoisotopic (exact) mass is 255 g/mol. The number of nitrogens with zero attached hydrogens (tertiary/aromatic N) is 1. The van der Waals surface area contributed by atoms with Crippen LogP contribution in [0.5, 0.6) is 0 Å². The lowest BCUT2D eigenvalue weighted by molar-refractivity contribution is 0.215. The number of aliphatic hydroxyl groups is 1.